The maximum Gasteiger partial charge on any atom is 0.228 e. The van der Waals surface area contributed by atoms with E-state index in [9.17, 15) is 0 Å². The van der Waals surface area contributed by atoms with Crippen molar-refractivity contribution in [2.45, 2.75) is 13.3 Å². The Morgan fingerprint density at radius 3 is 2.56 bits per heavy atom. The lowest BCUT2D eigenvalue weighted by Crippen LogP contribution is -2.44. The van der Waals surface area contributed by atoms with Crippen molar-refractivity contribution < 1.29 is 4.84 Å². The highest BCUT2D eigenvalue weighted by molar-refractivity contribution is 5.93. The predicted octanol–water partition coefficient (Wildman–Crippen LogP) is 1.52. The van der Waals surface area contributed by atoms with E-state index in [0.717, 1.165) is 66.5 Å². The van der Waals surface area contributed by atoms with Crippen LogP contribution >= 0.6 is 0 Å². The zero-order valence-electron chi connectivity index (χ0n) is 14.6. The lowest BCUT2D eigenvalue weighted by atomic mass is 10.1. The summed E-state index contributed by atoms with van der Waals surface area (Å²) in [5.41, 5.74) is 3.65. The van der Waals surface area contributed by atoms with Crippen LogP contribution in [-0.2, 0) is 6.42 Å². The molecule has 1 aromatic carbocycles. The van der Waals surface area contributed by atoms with Crippen LogP contribution in [0.2, 0.25) is 0 Å². The minimum absolute atomic E-state index is 0.724. The van der Waals surface area contributed by atoms with Crippen LogP contribution in [-0.4, -0.2) is 53.2 Å². The van der Waals surface area contributed by atoms with Crippen LogP contribution in [0.3, 0.4) is 0 Å². The van der Waals surface area contributed by atoms with Gasteiger partial charge in [0.1, 0.15) is 7.11 Å². The van der Waals surface area contributed by atoms with Gasteiger partial charge >= 0.3 is 0 Å². The maximum atomic E-state index is 5.43. The van der Waals surface area contributed by atoms with Crippen molar-refractivity contribution in [3.05, 3.63) is 36.0 Å². The Morgan fingerprint density at radius 1 is 1.12 bits per heavy atom. The molecule has 1 N–H and O–H groups in total. The molecule has 0 bridgehead atoms. The van der Waals surface area contributed by atoms with Gasteiger partial charge in [0.05, 0.1) is 16.8 Å². The Bertz CT molecular complexity index is 870. The smallest absolute Gasteiger partial charge is 0.228 e. The number of aryl methyl sites for hydroxylation is 1. The van der Waals surface area contributed by atoms with Gasteiger partial charge in [-0.05, 0) is 6.42 Å². The Labute approximate surface area is 146 Å². The van der Waals surface area contributed by atoms with Gasteiger partial charge in [0, 0.05) is 31.7 Å². The number of nitrogens with one attached hydrogen (secondary N) is 1. The van der Waals surface area contributed by atoms with E-state index < -0.39 is 0 Å². The van der Waals surface area contributed by atoms with E-state index in [1.165, 1.54) is 4.85 Å². The second kappa shape index (κ2) is 6.68. The standard InChI is InChI=1S/C18H22N6O/c1-3-14-15-16(13-7-5-4-6-8-13)20-18(23-11-9-19-10-12-23)21-17(15)24(22-14)25-2/h4-8,19H,3,9-12H2,1-2H3. The quantitative estimate of drug-likeness (QED) is 0.778. The number of benzene rings is 1. The van der Waals surface area contributed by atoms with Gasteiger partial charge in [0.2, 0.25) is 11.6 Å². The molecule has 1 aliphatic heterocycles. The molecule has 7 heteroatoms. The fourth-order valence-corrected chi connectivity index (χ4v) is 3.23. The number of rotatable bonds is 4. The fraction of sp³-hybridized carbons (Fsp3) is 0.389. The number of fused-ring (bicyclic) bond motifs is 1. The molecule has 130 valence electrons. The molecule has 0 amide bonds. The molecule has 0 radical (unpaired) electrons. The third-order valence-corrected chi connectivity index (χ3v) is 4.51. The minimum atomic E-state index is 0.724. The van der Waals surface area contributed by atoms with Crippen molar-refractivity contribution in [3.8, 4) is 11.3 Å². The summed E-state index contributed by atoms with van der Waals surface area (Å²) in [7, 11) is 1.61. The van der Waals surface area contributed by atoms with Gasteiger partial charge in [-0.3, -0.25) is 0 Å². The highest BCUT2D eigenvalue weighted by Gasteiger charge is 2.22. The average Bonchev–Trinajstić information content (AvgIpc) is 3.06. The summed E-state index contributed by atoms with van der Waals surface area (Å²) >= 11 is 0. The van der Waals surface area contributed by atoms with Crippen LogP contribution in [0.25, 0.3) is 22.3 Å². The first-order valence-electron chi connectivity index (χ1n) is 8.67. The zero-order chi connectivity index (χ0) is 17.2. The number of aromatic nitrogens is 4. The number of anilines is 1. The lowest BCUT2D eigenvalue weighted by Gasteiger charge is -2.27. The normalized spacial score (nSPS) is 14.9. The van der Waals surface area contributed by atoms with Crippen LogP contribution < -0.4 is 15.1 Å². The molecule has 0 aliphatic carbocycles. The van der Waals surface area contributed by atoms with Gasteiger partial charge in [-0.1, -0.05) is 42.1 Å². The van der Waals surface area contributed by atoms with E-state index in [2.05, 4.69) is 34.4 Å². The van der Waals surface area contributed by atoms with Crippen molar-refractivity contribution in [3.63, 3.8) is 0 Å². The third kappa shape index (κ3) is 2.80. The number of hydrogen-bond donors (Lipinski definition) is 1. The average molecular weight is 338 g/mol. The summed E-state index contributed by atoms with van der Waals surface area (Å²) in [6, 6.07) is 10.2. The molecule has 7 nitrogen and oxygen atoms in total. The van der Waals surface area contributed by atoms with Gasteiger partial charge < -0.3 is 15.1 Å². The molecular weight excluding hydrogens is 316 g/mol. The molecule has 3 aromatic rings. The van der Waals surface area contributed by atoms with E-state index in [1.807, 2.05) is 18.2 Å². The Morgan fingerprint density at radius 2 is 1.88 bits per heavy atom. The van der Waals surface area contributed by atoms with Crippen molar-refractivity contribution >= 4 is 17.0 Å². The Kier molecular flexibility index (Phi) is 4.23. The second-order valence-corrected chi connectivity index (χ2v) is 6.03. The molecular formula is C18H22N6O. The summed E-state index contributed by atoms with van der Waals surface area (Å²) in [6.07, 6.45) is 0.795. The molecule has 2 aromatic heterocycles. The number of nitrogens with zero attached hydrogens (tertiary/aromatic N) is 5. The molecule has 4 rings (SSSR count). The molecule has 1 fully saturated rings. The molecule has 0 unspecified atom stereocenters. The van der Waals surface area contributed by atoms with Crippen LogP contribution in [0.15, 0.2) is 30.3 Å². The van der Waals surface area contributed by atoms with E-state index in [0.29, 0.717) is 0 Å². The minimum Gasteiger partial charge on any atom is -0.398 e. The Balaban J connectivity index is 1.97. The van der Waals surface area contributed by atoms with Crippen molar-refractivity contribution in [2.75, 3.05) is 38.2 Å². The first-order valence-corrected chi connectivity index (χ1v) is 8.67. The maximum absolute atomic E-state index is 5.43. The zero-order valence-corrected chi connectivity index (χ0v) is 14.6. The van der Waals surface area contributed by atoms with Crippen LogP contribution in [0.5, 0.6) is 0 Å². The fourth-order valence-electron chi connectivity index (χ4n) is 3.23. The molecule has 1 aliphatic rings. The summed E-state index contributed by atoms with van der Waals surface area (Å²) in [4.78, 5) is 18.9. The van der Waals surface area contributed by atoms with E-state index in [1.54, 1.807) is 7.11 Å². The molecule has 1 saturated heterocycles. The topological polar surface area (TPSA) is 68.1 Å². The molecule has 25 heavy (non-hydrogen) atoms. The molecule has 0 atom stereocenters. The summed E-state index contributed by atoms with van der Waals surface area (Å²) in [5.74, 6) is 0.730. The highest BCUT2D eigenvalue weighted by atomic mass is 16.7. The summed E-state index contributed by atoms with van der Waals surface area (Å²) in [5, 5.41) is 8.89. The van der Waals surface area contributed by atoms with E-state index in [-0.39, 0.29) is 0 Å². The van der Waals surface area contributed by atoms with Crippen molar-refractivity contribution in [1.29, 1.82) is 0 Å². The predicted molar refractivity (Wildman–Crippen MR) is 97.7 cm³/mol. The van der Waals surface area contributed by atoms with Crippen molar-refractivity contribution in [2.24, 2.45) is 0 Å². The molecule has 3 heterocycles. The summed E-state index contributed by atoms with van der Waals surface area (Å²) in [6.45, 7) is 5.74. The third-order valence-electron chi connectivity index (χ3n) is 4.51. The van der Waals surface area contributed by atoms with Crippen LogP contribution in [0.1, 0.15) is 12.6 Å². The monoisotopic (exact) mass is 338 g/mol. The van der Waals surface area contributed by atoms with Gasteiger partial charge in [-0.2, -0.15) is 4.98 Å². The molecule has 0 saturated carbocycles. The van der Waals surface area contributed by atoms with E-state index >= 15 is 0 Å². The summed E-state index contributed by atoms with van der Waals surface area (Å²) < 4.78 is 0. The van der Waals surface area contributed by atoms with Gasteiger partial charge in [0.25, 0.3) is 0 Å². The number of piperazine rings is 1. The van der Waals surface area contributed by atoms with Gasteiger partial charge in [-0.15, -0.1) is 5.10 Å². The Hall–Kier alpha value is -2.67. The SMILES string of the molecule is CCc1nn(OC)c2nc(N3CCNCC3)nc(-c3ccccc3)c12. The molecule has 0 spiro atoms. The first-order chi connectivity index (χ1) is 12.3. The lowest BCUT2D eigenvalue weighted by molar-refractivity contribution is 0.142. The highest BCUT2D eigenvalue weighted by Crippen LogP contribution is 2.30. The number of hydrogen-bond acceptors (Lipinski definition) is 6. The van der Waals surface area contributed by atoms with Crippen molar-refractivity contribution in [1.82, 2.24) is 25.2 Å². The second-order valence-electron chi connectivity index (χ2n) is 6.03. The van der Waals surface area contributed by atoms with Crippen LogP contribution in [0.4, 0.5) is 5.95 Å². The van der Waals surface area contributed by atoms with Gasteiger partial charge in [0.15, 0.2) is 0 Å². The largest absolute Gasteiger partial charge is 0.398 e. The van der Waals surface area contributed by atoms with E-state index in [4.69, 9.17) is 14.8 Å². The first kappa shape index (κ1) is 15.8. The van der Waals surface area contributed by atoms with Gasteiger partial charge in [-0.25, -0.2) is 4.98 Å². The van der Waals surface area contributed by atoms with Crippen LogP contribution in [0, 0.1) is 0 Å².